The maximum absolute atomic E-state index is 6.02. The third-order valence-electron chi connectivity index (χ3n) is 20.0. The van der Waals surface area contributed by atoms with Crippen molar-refractivity contribution in [2.24, 2.45) is 0 Å². The topological polar surface area (TPSA) is 117 Å². The molecule has 0 saturated heterocycles. The number of hydrogen-bond donors (Lipinski definition) is 0. The monoisotopic (exact) mass is 1390 g/mol. The van der Waals surface area contributed by atoms with Crippen LogP contribution in [-0.4, -0.2) is 24.9 Å². The summed E-state index contributed by atoms with van der Waals surface area (Å²) in [5.74, 6) is 0. The van der Waals surface area contributed by atoms with E-state index >= 15 is 0 Å². The van der Waals surface area contributed by atoms with Crippen molar-refractivity contribution in [1.29, 1.82) is 0 Å². The lowest BCUT2D eigenvalue weighted by molar-refractivity contribution is 0.668. The van der Waals surface area contributed by atoms with Gasteiger partial charge in [-0.05, 0) is 259 Å². The molecule has 0 unspecified atom stereocenters. The Labute approximate surface area is 618 Å². The SMILES string of the molecule is c1cc(-c2cccc(-c3cccc(-c4cccc(-c5cccc(-c6ccc7oc8cccnc8c7c6)c5)c4)n3)c2)cc(-c2ccc3oc4cccnc4c3c2)c1.c1cc(Sc2cccc(-c3cccc(-c4ccc5oc6cccnc6c5c4)c3)c2)cc(-c2cccc(-c3ccc4oc5cccnc5c4c3)c2)c1. The molecule has 9 nitrogen and oxygen atoms in total. The van der Waals surface area contributed by atoms with Crippen molar-refractivity contribution >= 4 is 100 Å². The van der Waals surface area contributed by atoms with Gasteiger partial charge in [0, 0.05) is 67.3 Å². The van der Waals surface area contributed by atoms with Crippen molar-refractivity contribution in [1.82, 2.24) is 24.9 Å². The summed E-state index contributed by atoms with van der Waals surface area (Å²) in [5.41, 5.74) is 32.5. The number of furan rings is 4. The Morgan fingerprint density at radius 3 is 0.682 bits per heavy atom. The second-order valence-electron chi connectivity index (χ2n) is 26.7. The third-order valence-corrected chi connectivity index (χ3v) is 21.0. The molecule has 0 spiro atoms. The maximum Gasteiger partial charge on any atom is 0.153 e. The van der Waals surface area contributed by atoms with Gasteiger partial charge in [0.15, 0.2) is 22.3 Å². The fourth-order valence-electron chi connectivity index (χ4n) is 14.7. The first-order valence-electron chi connectivity index (χ1n) is 35.5. The summed E-state index contributed by atoms with van der Waals surface area (Å²) in [6.45, 7) is 0. The standard InChI is InChI=1S/C51H31N3O2.C46H28N2O2S/c1-8-32(26-34(10-1)38-20-22-46-42(30-38)50-48(55-46)18-6-24-52-50)36-12-3-14-40(28-36)44-16-5-17-45(54-44)41-15-4-13-37(29-41)33-9-2-11-35(27-33)39-21-23-47-43(31-39)51-49(56-47)19-7-25-53-51;1-7-29(23-31(9-1)35-17-19-41-39(27-35)45-43(49-41)15-5-21-47-45)33-11-3-13-37(25-33)51-38-14-4-12-34(26-38)30-8-2-10-32(24-30)36-18-20-42-40(28-36)46-44(50-42)16-6-22-48-46/h1-31H;1-28H. The molecule has 21 rings (SSSR count). The van der Waals surface area contributed by atoms with Gasteiger partial charge in [0.25, 0.3) is 0 Å². The van der Waals surface area contributed by atoms with Crippen LogP contribution in [-0.2, 0) is 0 Å². The van der Waals surface area contributed by atoms with Gasteiger partial charge in [0.2, 0.25) is 0 Å². The predicted molar refractivity (Wildman–Crippen MR) is 436 cm³/mol. The van der Waals surface area contributed by atoms with Gasteiger partial charge in [-0.2, -0.15) is 0 Å². The summed E-state index contributed by atoms with van der Waals surface area (Å²) in [7, 11) is 0. The van der Waals surface area contributed by atoms with Crippen LogP contribution in [0.1, 0.15) is 0 Å². The number of rotatable bonds is 12. The molecule has 21 aromatic rings. The molecule has 0 amide bonds. The van der Waals surface area contributed by atoms with Gasteiger partial charge in [-0.25, -0.2) is 4.98 Å². The first-order chi connectivity index (χ1) is 52.9. The smallest absolute Gasteiger partial charge is 0.153 e. The Morgan fingerprint density at radius 1 is 0.178 bits per heavy atom. The molecule has 9 aromatic heterocycles. The molecule has 0 saturated carbocycles. The van der Waals surface area contributed by atoms with Gasteiger partial charge < -0.3 is 17.7 Å². The minimum absolute atomic E-state index is 0.800. The largest absolute Gasteiger partial charge is 0.454 e. The van der Waals surface area contributed by atoms with Crippen LogP contribution in [0, 0.1) is 0 Å². The summed E-state index contributed by atoms with van der Waals surface area (Å²) in [6, 6.07) is 117. The van der Waals surface area contributed by atoms with Crippen LogP contribution in [0.15, 0.2) is 386 Å². The number of pyridine rings is 5. The molecule has 9 heterocycles. The van der Waals surface area contributed by atoms with E-state index in [4.69, 9.17) is 22.7 Å². The fourth-order valence-corrected chi connectivity index (χ4v) is 15.6. The minimum atomic E-state index is 0.800. The Kier molecular flexibility index (Phi) is 15.6. The van der Waals surface area contributed by atoms with E-state index in [-0.39, 0.29) is 0 Å². The van der Waals surface area contributed by atoms with E-state index in [9.17, 15) is 0 Å². The highest BCUT2D eigenvalue weighted by Crippen LogP contribution is 2.41. The lowest BCUT2D eigenvalue weighted by Crippen LogP contribution is -1.90. The molecular weight excluding hydrogens is 1330 g/mol. The fraction of sp³-hybridized carbons (Fsp3) is 0. The van der Waals surface area contributed by atoms with E-state index in [0.29, 0.717) is 0 Å². The van der Waals surface area contributed by atoms with Gasteiger partial charge in [0.05, 0.1) is 11.4 Å². The summed E-state index contributed by atoms with van der Waals surface area (Å²) in [5, 5.41) is 4.10. The summed E-state index contributed by atoms with van der Waals surface area (Å²) < 4.78 is 24.1. The van der Waals surface area contributed by atoms with E-state index in [1.54, 1.807) is 11.8 Å². The zero-order valence-electron chi connectivity index (χ0n) is 57.3. The molecule has 0 bridgehead atoms. The molecule has 0 aliphatic carbocycles. The Bertz CT molecular complexity index is 6630. The first kappa shape index (κ1) is 62.7. The molecule has 0 fully saturated rings. The van der Waals surface area contributed by atoms with E-state index in [2.05, 4.69) is 281 Å². The van der Waals surface area contributed by atoms with Crippen LogP contribution in [0.25, 0.3) is 200 Å². The number of benzene rings is 12. The lowest BCUT2D eigenvalue weighted by Gasteiger charge is -2.11. The number of nitrogens with zero attached hydrogens (tertiary/aromatic N) is 5. The van der Waals surface area contributed by atoms with Gasteiger partial charge in [-0.1, -0.05) is 176 Å². The summed E-state index contributed by atoms with van der Waals surface area (Å²) in [6.07, 6.45) is 7.24. The van der Waals surface area contributed by atoms with E-state index in [0.717, 1.165) is 178 Å². The third kappa shape index (κ3) is 12.1. The average molecular weight is 1390 g/mol. The molecule has 0 radical (unpaired) electrons. The first-order valence-corrected chi connectivity index (χ1v) is 36.3. The van der Waals surface area contributed by atoms with Gasteiger partial charge in [0.1, 0.15) is 44.4 Å². The zero-order chi connectivity index (χ0) is 70.7. The lowest BCUT2D eigenvalue weighted by atomic mass is 9.96. The number of fused-ring (bicyclic) bond motifs is 12. The van der Waals surface area contributed by atoms with Crippen molar-refractivity contribution in [2.45, 2.75) is 9.79 Å². The summed E-state index contributed by atoms with van der Waals surface area (Å²) >= 11 is 1.78. The van der Waals surface area contributed by atoms with Crippen LogP contribution in [0.3, 0.4) is 0 Å². The molecule has 107 heavy (non-hydrogen) atoms. The van der Waals surface area contributed by atoms with E-state index in [1.807, 2.05) is 97.6 Å². The van der Waals surface area contributed by atoms with Crippen molar-refractivity contribution < 1.29 is 17.7 Å². The van der Waals surface area contributed by atoms with E-state index in [1.165, 1.54) is 32.0 Å². The zero-order valence-corrected chi connectivity index (χ0v) is 58.2. The molecule has 0 atom stereocenters. The molecule has 0 aliphatic heterocycles. The molecule has 0 aliphatic rings. The van der Waals surface area contributed by atoms with Crippen LogP contribution < -0.4 is 0 Å². The molecule has 12 aromatic carbocycles. The molecule has 10 heteroatoms. The van der Waals surface area contributed by atoms with Crippen LogP contribution in [0.4, 0.5) is 0 Å². The number of aromatic nitrogens is 5. The maximum atomic E-state index is 6.02. The highest BCUT2D eigenvalue weighted by atomic mass is 32.2. The Hall–Kier alpha value is -14.1. The molecule has 502 valence electrons. The van der Waals surface area contributed by atoms with Crippen molar-refractivity contribution in [3.63, 3.8) is 0 Å². The second-order valence-corrected chi connectivity index (χ2v) is 27.9. The second kappa shape index (κ2) is 26.6. The van der Waals surface area contributed by atoms with Crippen LogP contribution >= 0.6 is 11.8 Å². The van der Waals surface area contributed by atoms with Crippen molar-refractivity contribution in [3.05, 3.63) is 358 Å². The van der Waals surface area contributed by atoms with Crippen LogP contribution in [0.5, 0.6) is 0 Å². The predicted octanol–water partition coefficient (Wildman–Crippen LogP) is 26.8. The number of hydrogen-bond acceptors (Lipinski definition) is 10. The molecule has 0 N–H and O–H groups in total. The van der Waals surface area contributed by atoms with E-state index < -0.39 is 0 Å². The molecular formula is C97H59N5O4S. The summed E-state index contributed by atoms with van der Waals surface area (Å²) in [4.78, 5) is 25.8. The van der Waals surface area contributed by atoms with Crippen molar-refractivity contribution in [2.75, 3.05) is 0 Å². The highest BCUT2D eigenvalue weighted by molar-refractivity contribution is 7.99. The normalized spacial score (nSPS) is 11.6. The van der Waals surface area contributed by atoms with Gasteiger partial charge >= 0.3 is 0 Å². The van der Waals surface area contributed by atoms with Gasteiger partial charge in [-0.15, -0.1) is 0 Å². The van der Waals surface area contributed by atoms with Crippen LogP contribution in [0.2, 0.25) is 0 Å². The highest BCUT2D eigenvalue weighted by Gasteiger charge is 2.17. The van der Waals surface area contributed by atoms with Gasteiger partial charge in [-0.3, -0.25) is 19.9 Å². The van der Waals surface area contributed by atoms with Crippen molar-refractivity contribution in [3.8, 4) is 112 Å². The Balaban J connectivity index is 0.000000142. The Morgan fingerprint density at radius 2 is 0.402 bits per heavy atom. The minimum Gasteiger partial charge on any atom is -0.454 e. The average Bonchev–Trinajstić information content (AvgIpc) is 1.69. The quantitative estimate of drug-likeness (QED) is 0.117.